The van der Waals surface area contributed by atoms with Gasteiger partial charge in [0.2, 0.25) is 5.91 Å². The van der Waals surface area contributed by atoms with Crippen LogP contribution in [0.1, 0.15) is 12.8 Å². The van der Waals surface area contributed by atoms with E-state index in [1.807, 2.05) is 4.90 Å². The molecular formula is C20H19F2N5O2S. The summed E-state index contributed by atoms with van der Waals surface area (Å²) >= 11 is 1.24. The van der Waals surface area contributed by atoms with Crippen molar-refractivity contribution in [2.45, 2.75) is 19.5 Å². The fourth-order valence-corrected chi connectivity index (χ4v) is 4.11. The number of para-hydroxylation sites is 1. The largest absolute Gasteiger partial charge is 0.434 e. The Morgan fingerprint density at radius 1 is 1.30 bits per heavy atom. The number of hydrogen-bond donors (Lipinski definition) is 1. The monoisotopic (exact) mass is 431 g/mol. The van der Waals surface area contributed by atoms with Gasteiger partial charge in [-0.15, -0.1) is 11.3 Å². The molecule has 10 heteroatoms. The van der Waals surface area contributed by atoms with Gasteiger partial charge in [-0.1, -0.05) is 12.1 Å². The van der Waals surface area contributed by atoms with Crippen LogP contribution in [0.15, 0.2) is 48.2 Å². The molecule has 4 rings (SSSR count). The number of nitrogens with zero attached hydrogens (tertiary/aromatic N) is 4. The fourth-order valence-electron chi connectivity index (χ4n) is 3.39. The summed E-state index contributed by atoms with van der Waals surface area (Å²) < 4.78 is 29.9. The number of aromatic nitrogens is 3. The number of piperidine rings is 1. The Kier molecular flexibility index (Phi) is 6.12. The summed E-state index contributed by atoms with van der Waals surface area (Å²) in [5, 5.41) is 4.97. The molecule has 3 heterocycles. The molecule has 30 heavy (non-hydrogen) atoms. The minimum atomic E-state index is -2.92. The molecule has 156 valence electrons. The van der Waals surface area contributed by atoms with Crippen molar-refractivity contribution >= 4 is 28.2 Å². The molecule has 2 aromatic heterocycles. The van der Waals surface area contributed by atoms with E-state index >= 15 is 0 Å². The van der Waals surface area contributed by atoms with Crippen LogP contribution in [0, 0.1) is 5.92 Å². The van der Waals surface area contributed by atoms with Gasteiger partial charge in [-0.2, -0.15) is 8.78 Å². The molecule has 1 N–H and O–H groups in total. The zero-order chi connectivity index (χ0) is 20.9. The number of ether oxygens (including phenoxy) is 1. The normalized spacial score (nSPS) is 16.5. The minimum Gasteiger partial charge on any atom is -0.434 e. The standard InChI is InChI=1S/C20H19F2N5O2S/c21-19(22)29-16-6-2-1-5-14(16)15-12-30-20(25-15)26-18(28)13-4-3-9-27(11-13)17-10-23-7-8-24-17/h1-2,5-8,10,12-13,19H,3-4,9,11H2,(H,25,26,28). The van der Waals surface area contributed by atoms with E-state index in [9.17, 15) is 13.6 Å². The minimum absolute atomic E-state index is 0.0440. The average molecular weight is 431 g/mol. The van der Waals surface area contributed by atoms with E-state index in [-0.39, 0.29) is 17.6 Å². The van der Waals surface area contributed by atoms with Crippen molar-refractivity contribution in [1.82, 2.24) is 15.0 Å². The lowest BCUT2D eigenvalue weighted by Gasteiger charge is -2.32. The first kappa shape index (κ1) is 20.1. The zero-order valence-corrected chi connectivity index (χ0v) is 16.7. The number of hydrogen-bond acceptors (Lipinski definition) is 7. The molecule has 1 aliphatic rings. The molecule has 7 nitrogen and oxygen atoms in total. The maximum Gasteiger partial charge on any atom is 0.387 e. The van der Waals surface area contributed by atoms with Crippen molar-refractivity contribution in [3.8, 4) is 17.0 Å². The van der Waals surface area contributed by atoms with Crippen LogP contribution in [0.2, 0.25) is 0 Å². The lowest BCUT2D eigenvalue weighted by atomic mass is 9.97. The van der Waals surface area contributed by atoms with E-state index in [1.165, 1.54) is 17.4 Å². The molecule has 0 spiro atoms. The SMILES string of the molecule is O=C(Nc1nc(-c2ccccc2OC(F)F)cs1)C1CCCN(c2cnccn2)C1. The van der Waals surface area contributed by atoms with Gasteiger partial charge in [0.15, 0.2) is 5.13 Å². The quantitative estimate of drug-likeness (QED) is 0.634. The molecular weight excluding hydrogens is 412 g/mol. The number of carbonyl (C=O) groups excluding carboxylic acids is 1. The van der Waals surface area contributed by atoms with E-state index in [0.717, 1.165) is 25.2 Å². The van der Waals surface area contributed by atoms with Gasteiger partial charge < -0.3 is 15.0 Å². The van der Waals surface area contributed by atoms with Gasteiger partial charge in [0.25, 0.3) is 0 Å². The molecule has 0 aliphatic carbocycles. The van der Waals surface area contributed by atoms with E-state index in [1.54, 1.807) is 42.2 Å². The second-order valence-electron chi connectivity index (χ2n) is 6.75. The molecule has 1 saturated heterocycles. The average Bonchev–Trinajstić information content (AvgIpc) is 3.22. The maximum absolute atomic E-state index is 12.8. The summed E-state index contributed by atoms with van der Waals surface area (Å²) in [6.07, 6.45) is 6.57. The van der Waals surface area contributed by atoms with Crippen LogP contribution in [-0.2, 0) is 4.79 Å². The van der Waals surface area contributed by atoms with Crippen molar-refractivity contribution in [2.75, 3.05) is 23.3 Å². The zero-order valence-electron chi connectivity index (χ0n) is 15.9. The van der Waals surface area contributed by atoms with Gasteiger partial charge in [0.05, 0.1) is 17.8 Å². The van der Waals surface area contributed by atoms with Crippen LogP contribution >= 0.6 is 11.3 Å². The third-order valence-electron chi connectivity index (χ3n) is 4.78. The first-order valence-electron chi connectivity index (χ1n) is 9.41. The van der Waals surface area contributed by atoms with Gasteiger partial charge in [-0.25, -0.2) is 9.97 Å². The van der Waals surface area contributed by atoms with Gasteiger partial charge in [-0.3, -0.25) is 9.78 Å². The Labute approximate surface area is 175 Å². The third kappa shape index (κ3) is 4.70. The predicted molar refractivity (Wildman–Crippen MR) is 110 cm³/mol. The summed E-state index contributed by atoms with van der Waals surface area (Å²) in [6, 6.07) is 6.44. The predicted octanol–water partition coefficient (Wildman–Crippen LogP) is 4.06. The Morgan fingerprint density at radius 2 is 2.17 bits per heavy atom. The Morgan fingerprint density at radius 3 is 2.97 bits per heavy atom. The molecule has 1 aromatic carbocycles. The van der Waals surface area contributed by atoms with Crippen molar-refractivity contribution in [1.29, 1.82) is 0 Å². The number of carbonyl (C=O) groups is 1. The summed E-state index contributed by atoms with van der Waals surface area (Å²) in [5.74, 6) is 0.467. The number of alkyl halides is 2. The number of amides is 1. The summed E-state index contributed by atoms with van der Waals surface area (Å²) in [5.41, 5.74) is 0.914. The van der Waals surface area contributed by atoms with Crippen molar-refractivity contribution < 1.29 is 18.3 Å². The van der Waals surface area contributed by atoms with Crippen molar-refractivity contribution in [2.24, 2.45) is 5.92 Å². The Hall–Kier alpha value is -3.14. The molecule has 3 aromatic rings. The van der Waals surface area contributed by atoms with Gasteiger partial charge in [-0.05, 0) is 25.0 Å². The highest BCUT2D eigenvalue weighted by molar-refractivity contribution is 7.14. The fraction of sp³-hybridized carbons (Fsp3) is 0.300. The number of thiazole rings is 1. The molecule has 1 fully saturated rings. The summed E-state index contributed by atoms with van der Waals surface area (Å²) in [6.45, 7) is -1.55. The molecule has 1 atom stereocenters. The van der Waals surface area contributed by atoms with Crippen LogP contribution in [0.25, 0.3) is 11.3 Å². The highest BCUT2D eigenvalue weighted by atomic mass is 32.1. The highest BCUT2D eigenvalue weighted by Gasteiger charge is 2.27. The van der Waals surface area contributed by atoms with Crippen LogP contribution in [0.3, 0.4) is 0 Å². The van der Waals surface area contributed by atoms with Crippen molar-refractivity contribution in [3.63, 3.8) is 0 Å². The van der Waals surface area contributed by atoms with Crippen LogP contribution in [-0.4, -0.2) is 40.6 Å². The Balaban J connectivity index is 1.43. The van der Waals surface area contributed by atoms with Gasteiger partial charge in [0.1, 0.15) is 11.6 Å². The first-order chi connectivity index (χ1) is 14.6. The van der Waals surface area contributed by atoms with Gasteiger partial charge >= 0.3 is 6.61 Å². The topological polar surface area (TPSA) is 80.2 Å². The summed E-state index contributed by atoms with van der Waals surface area (Å²) in [4.78, 5) is 27.6. The Bertz CT molecular complexity index is 1000. The molecule has 0 bridgehead atoms. The van der Waals surface area contributed by atoms with E-state index in [2.05, 4.69) is 25.0 Å². The molecule has 0 saturated carbocycles. The number of nitrogens with one attached hydrogen (secondary N) is 1. The highest BCUT2D eigenvalue weighted by Crippen LogP contribution is 2.33. The van der Waals surface area contributed by atoms with Crippen LogP contribution < -0.4 is 15.0 Å². The van der Waals surface area contributed by atoms with E-state index in [4.69, 9.17) is 0 Å². The second kappa shape index (κ2) is 9.12. The second-order valence-corrected chi connectivity index (χ2v) is 7.61. The van der Waals surface area contributed by atoms with E-state index < -0.39 is 6.61 Å². The molecule has 1 unspecified atom stereocenters. The first-order valence-corrected chi connectivity index (χ1v) is 10.3. The van der Waals surface area contributed by atoms with Crippen LogP contribution in [0.5, 0.6) is 5.75 Å². The van der Waals surface area contributed by atoms with Crippen LogP contribution in [0.4, 0.5) is 19.7 Å². The third-order valence-corrected chi connectivity index (χ3v) is 5.54. The van der Waals surface area contributed by atoms with Crippen molar-refractivity contribution in [3.05, 3.63) is 48.2 Å². The number of benzene rings is 1. The lowest BCUT2D eigenvalue weighted by molar-refractivity contribution is -0.120. The summed E-state index contributed by atoms with van der Waals surface area (Å²) in [7, 11) is 0. The maximum atomic E-state index is 12.8. The smallest absolute Gasteiger partial charge is 0.387 e. The van der Waals surface area contributed by atoms with Gasteiger partial charge in [0, 0.05) is 36.4 Å². The molecule has 1 aliphatic heterocycles. The van der Waals surface area contributed by atoms with E-state index in [0.29, 0.717) is 22.9 Å². The molecule has 1 amide bonds. The number of rotatable bonds is 6. The number of halogens is 2. The molecule has 0 radical (unpaired) electrons. The number of anilines is 2. The lowest BCUT2D eigenvalue weighted by Crippen LogP contribution is -2.41.